The fraction of sp³-hybridized carbons (Fsp3) is 0.429. The van der Waals surface area contributed by atoms with Gasteiger partial charge in [-0.25, -0.2) is 5.43 Å². The van der Waals surface area contributed by atoms with Gasteiger partial charge in [-0.3, -0.25) is 9.69 Å². The number of amides is 1. The molecule has 1 aliphatic heterocycles. The van der Waals surface area contributed by atoms with Gasteiger partial charge in [0.25, 0.3) is 5.91 Å². The molecule has 0 aromatic heterocycles. The highest BCUT2D eigenvalue weighted by Gasteiger charge is 2.12. The summed E-state index contributed by atoms with van der Waals surface area (Å²) in [6.07, 6.45) is 5.30. The fourth-order valence-electron chi connectivity index (χ4n) is 2.11. The van der Waals surface area contributed by atoms with Crippen LogP contribution in [0, 0.1) is 0 Å². The minimum Gasteiger partial charge on any atom is -0.294 e. The molecule has 0 atom stereocenters. The first kappa shape index (κ1) is 14.2. The Bertz CT molecular complexity index is 456. The number of hydrogen-bond donors (Lipinski definition) is 1. The van der Waals surface area contributed by atoms with Crippen LogP contribution in [0.1, 0.15) is 24.8 Å². The number of piperidine rings is 1. The lowest BCUT2D eigenvalue weighted by Gasteiger charge is -2.25. The van der Waals surface area contributed by atoms with Crippen LogP contribution < -0.4 is 5.43 Å². The van der Waals surface area contributed by atoms with E-state index in [-0.39, 0.29) is 5.91 Å². The molecule has 1 aromatic carbocycles. The highest BCUT2D eigenvalue weighted by Crippen LogP contribution is 2.13. The fourth-order valence-corrected chi connectivity index (χ4v) is 2.50. The average molecular weight is 324 g/mol. The number of halogens is 1. The van der Waals surface area contributed by atoms with Crippen molar-refractivity contribution in [3.63, 3.8) is 0 Å². The number of carbonyl (C=O) groups is 1. The Morgan fingerprint density at radius 2 is 2.05 bits per heavy atom. The standard InChI is InChI=1S/C14H18BrN3O/c15-13-7-3-2-6-12(13)10-16-17-14(19)11-18-8-4-1-5-9-18/h2-3,6-7,10H,1,4-5,8-9,11H2,(H,17,19). The van der Waals surface area contributed by atoms with Crippen LogP contribution in [0.15, 0.2) is 33.8 Å². The predicted molar refractivity (Wildman–Crippen MR) is 80.2 cm³/mol. The lowest BCUT2D eigenvalue weighted by atomic mass is 10.1. The van der Waals surface area contributed by atoms with Gasteiger partial charge in [0.15, 0.2) is 0 Å². The Morgan fingerprint density at radius 1 is 1.32 bits per heavy atom. The van der Waals surface area contributed by atoms with Gasteiger partial charge in [0.05, 0.1) is 12.8 Å². The molecule has 1 aliphatic rings. The number of rotatable bonds is 4. The second-order valence-corrected chi connectivity index (χ2v) is 5.51. The van der Waals surface area contributed by atoms with Crippen molar-refractivity contribution >= 4 is 28.1 Å². The zero-order valence-corrected chi connectivity index (χ0v) is 12.4. The number of nitrogens with zero attached hydrogens (tertiary/aromatic N) is 2. The van der Waals surface area contributed by atoms with Crippen LogP contribution in [-0.4, -0.2) is 36.7 Å². The van der Waals surface area contributed by atoms with Crippen molar-refractivity contribution in [1.82, 2.24) is 10.3 Å². The molecule has 1 N–H and O–H groups in total. The van der Waals surface area contributed by atoms with Crippen LogP contribution in [0.4, 0.5) is 0 Å². The zero-order chi connectivity index (χ0) is 13.5. The smallest absolute Gasteiger partial charge is 0.254 e. The van der Waals surface area contributed by atoms with Crippen LogP contribution in [0.5, 0.6) is 0 Å². The van der Waals surface area contributed by atoms with E-state index in [0.717, 1.165) is 23.1 Å². The molecule has 5 heteroatoms. The molecule has 0 spiro atoms. The van der Waals surface area contributed by atoms with Crippen LogP contribution in [0.3, 0.4) is 0 Å². The first-order chi connectivity index (χ1) is 9.25. The average Bonchev–Trinajstić information content (AvgIpc) is 2.42. The molecular weight excluding hydrogens is 306 g/mol. The van der Waals surface area contributed by atoms with Gasteiger partial charge >= 0.3 is 0 Å². The molecule has 1 amide bonds. The van der Waals surface area contributed by atoms with Crippen molar-refractivity contribution in [2.24, 2.45) is 5.10 Å². The summed E-state index contributed by atoms with van der Waals surface area (Å²) >= 11 is 3.43. The summed E-state index contributed by atoms with van der Waals surface area (Å²) in [6, 6.07) is 7.75. The maximum Gasteiger partial charge on any atom is 0.254 e. The molecule has 1 saturated heterocycles. The third-order valence-corrected chi connectivity index (χ3v) is 3.84. The molecule has 4 nitrogen and oxygen atoms in total. The topological polar surface area (TPSA) is 44.7 Å². The van der Waals surface area contributed by atoms with Crippen LogP contribution in [0.2, 0.25) is 0 Å². The van der Waals surface area contributed by atoms with E-state index in [9.17, 15) is 4.79 Å². The van der Waals surface area contributed by atoms with Crippen molar-refractivity contribution in [2.45, 2.75) is 19.3 Å². The number of hydrazone groups is 1. The van der Waals surface area contributed by atoms with Crippen molar-refractivity contribution in [3.8, 4) is 0 Å². The van der Waals surface area contributed by atoms with Crippen LogP contribution in [0.25, 0.3) is 0 Å². The summed E-state index contributed by atoms with van der Waals surface area (Å²) in [5.74, 6) is -0.0507. The maximum atomic E-state index is 11.7. The summed E-state index contributed by atoms with van der Waals surface area (Å²) in [6.45, 7) is 2.47. The Kier molecular flexibility index (Phi) is 5.54. The monoisotopic (exact) mass is 323 g/mol. The van der Waals surface area contributed by atoms with Gasteiger partial charge in [-0.15, -0.1) is 0 Å². The summed E-state index contributed by atoms with van der Waals surface area (Å²) < 4.78 is 0.962. The minimum absolute atomic E-state index is 0.0507. The number of nitrogens with one attached hydrogen (secondary N) is 1. The molecule has 0 radical (unpaired) electrons. The Hall–Kier alpha value is -1.20. The normalized spacial score (nSPS) is 16.7. The van der Waals surface area contributed by atoms with E-state index in [1.54, 1.807) is 6.21 Å². The first-order valence-corrected chi connectivity index (χ1v) is 7.34. The lowest BCUT2D eigenvalue weighted by Crippen LogP contribution is -2.38. The van der Waals surface area contributed by atoms with E-state index < -0.39 is 0 Å². The third-order valence-electron chi connectivity index (χ3n) is 3.11. The maximum absolute atomic E-state index is 11.7. The van der Waals surface area contributed by atoms with Gasteiger partial charge in [-0.05, 0) is 32.0 Å². The van der Waals surface area contributed by atoms with E-state index in [1.165, 1.54) is 19.3 Å². The Morgan fingerprint density at radius 3 is 2.79 bits per heavy atom. The molecule has 2 rings (SSSR count). The van der Waals surface area contributed by atoms with Gasteiger partial charge in [0.1, 0.15) is 0 Å². The van der Waals surface area contributed by atoms with E-state index >= 15 is 0 Å². The molecule has 19 heavy (non-hydrogen) atoms. The van der Waals surface area contributed by atoms with E-state index in [4.69, 9.17) is 0 Å². The number of carbonyl (C=O) groups excluding carboxylic acids is 1. The highest BCUT2D eigenvalue weighted by atomic mass is 79.9. The Balaban J connectivity index is 1.78. The molecule has 0 bridgehead atoms. The molecular formula is C14H18BrN3O. The van der Waals surface area contributed by atoms with Crippen LogP contribution >= 0.6 is 15.9 Å². The van der Waals surface area contributed by atoms with Crippen molar-refractivity contribution < 1.29 is 4.79 Å². The first-order valence-electron chi connectivity index (χ1n) is 6.54. The third kappa shape index (κ3) is 4.76. The summed E-state index contributed by atoms with van der Waals surface area (Å²) in [5, 5.41) is 3.99. The number of hydrogen-bond acceptors (Lipinski definition) is 3. The SMILES string of the molecule is O=C(CN1CCCCC1)NN=Cc1ccccc1Br. The summed E-state index contributed by atoms with van der Waals surface area (Å²) in [4.78, 5) is 13.9. The Labute approximate surface area is 122 Å². The van der Waals surface area contributed by atoms with Gasteiger partial charge in [-0.1, -0.05) is 40.5 Å². The molecule has 0 aliphatic carbocycles. The molecule has 102 valence electrons. The number of likely N-dealkylation sites (tertiary alicyclic amines) is 1. The second-order valence-electron chi connectivity index (χ2n) is 4.65. The molecule has 0 unspecified atom stereocenters. The zero-order valence-electron chi connectivity index (χ0n) is 10.8. The summed E-state index contributed by atoms with van der Waals surface area (Å²) in [7, 11) is 0. The second kappa shape index (κ2) is 7.40. The molecule has 1 aromatic rings. The van der Waals surface area contributed by atoms with Crippen molar-refractivity contribution in [2.75, 3.05) is 19.6 Å². The van der Waals surface area contributed by atoms with E-state index in [1.807, 2.05) is 24.3 Å². The molecule has 0 saturated carbocycles. The van der Waals surface area contributed by atoms with Gasteiger partial charge in [0, 0.05) is 10.0 Å². The quantitative estimate of drug-likeness (QED) is 0.683. The minimum atomic E-state index is -0.0507. The van der Waals surface area contributed by atoms with E-state index in [2.05, 4.69) is 31.4 Å². The van der Waals surface area contributed by atoms with Gasteiger partial charge < -0.3 is 0 Å². The number of benzene rings is 1. The lowest BCUT2D eigenvalue weighted by molar-refractivity contribution is -0.122. The van der Waals surface area contributed by atoms with Crippen molar-refractivity contribution in [3.05, 3.63) is 34.3 Å². The molecule has 1 heterocycles. The summed E-state index contributed by atoms with van der Waals surface area (Å²) in [5.41, 5.74) is 3.52. The van der Waals surface area contributed by atoms with E-state index in [0.29, 0.717) is 6.54 Å². The predicted octanol–water partition coefficient (Wildman–Crippen LogP) is 2.39. The van der Waals surface area contributed by atoms with Gasteiger partial charge in [-0.2, -0.15) is 5.10 Å². The van der Waals surface area contributed by atoms with Crippen molar-refractivity contribution in [1.29, 1.82) is 0 Å². The van der Waals surface area contributed by atoms with Gasteiger partial charge in [0.2, 0.25) is 0 Å². The highest BCUT2D eigenvalue weighted by molar-refractivity contribution is 9.10. The van der Waals surface area contributed by atoms with Crippen LogP contribution in [-0.2, 0) is 4.79 Å². The largest absolute Gasteiger partial charge is 0.294 e. The molecule has 1 fully saturated rings.